The first-order valence-electron chi connectivity index (χ1n) is 6.14. The molecule has 0 unspecified atom stereocenters. The van der Waals surface area contributed by atoms with Gasteiger partial charge in [-0.15, -0.1) is 0 Å². The topological polar surface area (TPSA) is 121 Å². The maximum atomic E-state index is 12.1. The van der Waals surface area contributed by atoms with E-state index in [1.165, 1.54) is 30.9 Å². The predicted octanol–water partition coefficient (Wildman–Crippen LogP) is 0.270. The van der Waals surface area contributed by atoms with Crippen molar-refractivity contribution in [1.82, 2.24) is 25.5 Å². The van der Waals surface area contributed by atoms with E-state index in [4.69, 9.17) is 5.11 Å². The van der Waals surface area contributed by atoms with E-state index >= 15 is 0 Å². The molecule has 2 rings (SSSR count). The molecule has 2 heterocycles. The Labute approximate surface area is 119 Å². The van der Waals surface area contributed by atoms with E-state index in [9.17, 15) is 9.59 Å². The molecule has 21 heavy (non-hydrogen) atoms. The summed E-state index contributed by atoms with van der Waals surface area (Å²) in [7, 11) is 0. The summed E-state index contributed by atoms with van der Waals surface area (Å²) in [4.78, 5) is 30.4. The van der Waals surface area contributed by atoms with Crippen molar-refractivity contribution in [1.29, 1.82) is 0 Å². The van der Waals surface area contributed by atoms with Crippen LogP contribution in [0.5, 0.6) is 0 Å². The van der Waals surface area contributed by atoms with Crippen LogP contribution < -0.4 is 5.32 Å². The SMILES string of the molecule is O=C(O)C=Cc1cnccc1C(=O)NCCc1ncn[nH]1. The average molecular weight is 287 g/mol. The second kappa shape index (κ2) is 6.94. The number of aromatic amines is 1. The van der Waals surface area contributed by atoms with E-state index in [0.29, 0.717) is 29.9 Å². The van der Waals surface area contributed by atoms with Gasteiger partial charge >= 0.3 is 5.97 Å². The predicted molar refractivity (Wildman–Crippen MR) is 73.3 cm³/mol. The van der Waals surface area contributed by atoms with Crippen molar-refractivity contribution in [3.63, 3.8) is 0 Å². The van der Waals surface area contributed by atoms with Crippen LogP contribution in [0.2, 0.25) is 0 Å². The highest BCUT2D eigenvalue weighted by molar-refractivity contribution is 5.98. The number of rotatable bonds is 6. The molecule has 0 saturated carbocycles. The lowest BCUT2D eigenvalue weighted by molar-refractivity contribution is -0.131. The first-order chi connectivity index (χ1) is 10.2. The number of carboxylic acid groups (broad SMARTS) is 1. The Kier molecular flexibility index (Phi) is 4.75. The number of nitrogens with one attached hydrogen (secondary N) is 2. The highest BCUT2D eigenvalue weighted by Gasteiger charge is 2.09. The zero-order chi connectivity index (χ0) is 15.1. The molecule has 0 aliphatic rings. The molecule has 0 aliphatic heterocycles. The third-order valence-corrected chi connectivity index (χ3v) is 2.61. The van der Waals surface area contributed by atoms with Gasteiger partial charge in [0.1, 0.15) is 12.2 Å². The summed E-state index contributed by atoms with van der Waals surface area (Å²) in [6.45, 7) is 0.387. The summed E-state index contributed by atoms with van der Waals surface area (Å²) < 4.78 is 0. The van der Waals surface area contributed by atoms with Gasteiger partial charge in [-0.05, 0) is 12.1 Å². The molecular weight excluding hydrogens is 274 g/mol. The second-order valence-electron chi connectivity index (χ2n) is 4.07. The quantitative estimate of drug-likeness (QED) is 0.656. The van der Waals surface area contributed by atoms with E-state index in [2.05, 4.69) is 25.5 Å². The molecule has 0 fully saturated rings. The molecule has 0 bridgehead atoms. The van der Waals surface area contributed by atoms with Crippen LogP contribution in [-0.2, 0) is 11.2 Å². The largest absolute Gasteiger partial charge is 0.478 e. The van der Waals surface area contributed by atoms with Crippen LogP contribution >= 0.6 is 0 Å². The van der Waals surface area contributed by atoms with Gasteiger partial charge in [0.15, 0.2) is 0 Å². The Morgan fingerprint density at radius 3 is 3.00 bits per heavy atom. The normalized spacial score (nSPS) is 10.7. The van der Waals surface area contributed by atoms with Crippen LogP contribution in [0.15, 0.2) is 30.9 Å². The molecule has 0 spiro atoms. The van der Waals surface area contributed by atoms with E-state index in [1.807, 2.05) is 0 Å². The van der Waals surface area contributed by atoms with E-state index in [1.54, 1.807) is 0 Å². The lowest BCUT2D eigenvalue weighted by atomic mass is 10.1. The molecule has 108 valence electrons. The van der Waals surface area contributed by atoms with Gasteiger partial charge in [-0.1, -0.05) is 0 Å². The van der Waals surface area contributed by atoms with Crippen LogP contribution in [0, 0.1) is 0 Å². The van der Waals surface area contributed by atoms with Gasteiger partial charge in [-0.25, -0.2) is 9.78 Å². The number of carbonyl (C=O) groups excluding carboxylic acids is 1. The molecule has 8 heteroatoms. The van der Waals surface area contributed by atoms with Crippen molar-refractivity contribution in [2.45, 2.75) is 6.42 Å². The van der Waals surface area contributed by atoms with Crippen molar-refractivity contribution in [3.05, 3.63) is 47.8 Å². The molecule has 0 radical (unpaired) electrons. The van der Waals surface area contributed by atoms with Crippen molar-refractivity contribution in [3.8, 4) is 0 Å². The summed E-state index contributed by atoms with van der Waals surface area (Å²) >= 11 is 0. The third kappa shape index (κ3) is 4.23. The van der Waals surface area contributed by atoms with Crippen LogP contribution in [0.25, 0.3) is 6.08 Å². The van der Waals surface area contributed by atoms with Gasteiger partial charge in [0, 0.05) is 42.6 Å². The molecule has 8 nitrogen and oxygen atoms in total. The smallest absolute Gasteiger partial charge is 0.328 e. The number of hydrogen-bond acceptors (Lipinski definition) is 5. The molecule has 3 N–H and O–H groups in total. The minimum Gasteiger partial charge on any atom is -0.478 e. The number of pyridine rings is 1. The zero-order valence-corrected chi connectivity index (χ0v) is 11.0. The molecule has 0 aliphatic carbocycles. The third-order valence-electron chi connectivity index (χ3n) is 2.61. The van der Waals surface area contributed by atoms with Crippen molar-refractivity contribution in [2.24, 2.45) is 0 Å². The highest BCUT2D eigenvalue weighted by atomic mass is 16.4. The maximum Gasteiger partial charge on any atom is 0.328 e. The van der Waals surface area contributed by atoms with Gasteiger partial charge in [-0.3, -0.25) is 14.9 Å². The minimum absolute atomic E-state index is 0.304. The van der Waals surface area contributed by atoms with Gasteiger partial charge in [0.05, 0.1) is 0 Å². The molecule has 0 aromatic carbocycles. The summed E-state index contributed by atoms with van der Waals surface area (Å²) in [5.41, 5.74) is 0.803. The number of aromatic nitrogens is 4. The van der Waals surface area contributed by atoms with Gasteiger partial charge < -0.3 is 10.4 Å². The van der Waals surface area contributed by atoms with Crippen molar-refractivity contribution >= 4 is 18.0 Å². The molecule has 1 amide bonds. The maximum absolute atomic E-state index is 12.1. The Hall–Kier alpha value is -3.03. The number of H-pyrrole nitrogens is 1. The van der Waals surface area contributed by atoms with E-state index < -0.39 is 5.97 Å². The Morgan fingerprint density at radius 2 is 2.29 bits per heavy atom. The summed E-state index contributed by atoms with van der Waals surface area (Å²) in [5, 5.41) is 17.8. The molecule has 0 saturated heterocycles. The summed E-state index contributed by atoms with van der Waals surface area (Å²) in [6.07, 6.45) is 7.13. The van der Waals surface area contributed by atoms with Gasteiger partial charge in [0.25, 0.3) is 5.91 Å². The minimum atomic E-state index is -1.09. The molecule has 0 atom stereocenters. The van der Waals surface area contributed by atoms with Crippen molar-refractivity contribution < 1.29 is 14.7 Å². The lowest BCUT2D eigenvalue weighted by Crippen LogP contribution is -2.26. The van der Waals surface area contributed by atoms with Crippen LogP contribution in [0.1, 0.15) is 21.7 Å². The standard InChI is InChI=1S/C13H13N5O3/c19-12(20)2-1-9-7-14-5-3-10(9)13(21)15-6-4-11-16-8-17-18-11/h1-3,5,7-8H,4,6H2,(H,15,21)(H,19,20)(H,16,17,18). The van der Waals surface area contributed by atoms with Crippen LogP contribution in [0.4, 0.5) is 0 Å². The number of carboxylic acids is 1. The fourth-order valence-electron chi connectivity index (χ4n) is 1.65. The number of hydrogen-bond donors (Lipinski definition) is 3. The Bertz CT molecular complexity index is 652. The second-order valence-corrected chi connectivity index (χ2v) is 4.07. The monoisotopic (exact) mass is 287 g/mol. The lowest BCUT2D eigenvalue weighted by Gasteiger charge is -2.06. The summed E-state index contributed by atoms with van der Waals surface area (Å²) in [6, 6.07) is 1.53. The first-order valence-corrected chi connectivity index (χ1v) is 6.14. The number of aliphatic carboxylic acids is 1. The Morgan fingerprint density at radius 1 is 1.43 bits per heavy atom. The zero-order valence-electron chi connectivity index (χ0n) is 11.0. The van der Waals surface area contributed by atoms with Gasteiger partial charge in [0.2, 0.25) is 0 Å². The molecule has 2 aromatic rings. The first kappa shape index (κ1) is 14.4. The Balaban J connectivity index is 2.00. The fourth-order valence-corrected chi connectivity index (χ4v) is 1.65. The van der Waals surface area contributed by atoms with E-state index in [0.717, 1.165) is 6.08 Å². The fraction of sp³-hybridized carbons (Fsp3) is 0.154. The number of nitrogens with zero attached hydrogens (tertiary/aromatic N) is 3. The van der Waals surface area contributed by atoms with Crippen molar-refractivity contribution in [2.75, 3.05) is 6.54 Å². The number of amides is 1. The van der Waals surface area contributed by atoms with Crippen LogP contribution in [-0.4, -0.2) is 43.7 Å². The average Bonchev–Trinajstić information content (AvgIpc) is 2.98. The number of carbonyl (C=O) groups is 2. The van der Waals surface area contributed by atoms with Gasteiger partial charge in [-0.2, -0.15) is 5.10 Å². The van der Waals surface area contributed by atoms with E-state index in [-0.39, 0.29) is 5.91 Å². The highest BCUT2D eigenvalue weighted by Crippen LogP contribution is 2.09. The van der Waals surface area contributed by atoms with Crippen LogP contribution in [0.3, 0.4) is 0 Å². The molecule has 2 aromatic heterocycles. The molecular formula is C13H13N5O3. The summed E-state index contributed by atoms with van der Waals surface area (Å²) in [5.74, 6) is -0.714.